The number of nitro groups is 1. The monoisotopic (exact) mass is 467 g/mol. The second-order valence-corrected chi connectivity index (χ2v) is 6.92. The molecular weight excluding hydrogens is 453 g/mol. The third-order valence-electron chi connectivity index (χ3n) is 3.98. The molecule has 0 aliphatic carbocycles. The van der Waals surface area contributed by atoms with Crippen molar-refractivity contribution in [2.24, 2.45) is 0 Å². The van der Waals surface area contributed by atoms with Gasteiger partial charge in [0, 0.05) is 29.7 Å². The average Bonchev–Trinajstić information content (AvgIpc) is 2.96. The molecule has 0 saturated heterocycles. The second-order valence-electron chi connectivity index (χ2n) is 5.57. The smallest absolute Gasteiger partial charge is 0.269 e. The molecule has 0 saturated carbocycles. The minimum atomic E-state index is -0.410. The van der Waals surface area contributed by atoms with Crippen LogP contribution in [0.4, 0.5) is 5.69 Å². The van der Waals surface area contributed by atoms with E-state index in [9.17, 15) is 10.1 Å². The van der Waals surface area contributed by atoms with Crippen molar-refractivity contribution >= 4 is 39.9 Å². The average molecular weight is 468 g/mol. The Labute approximate surface area is 164 Å². The van der Waals surface area contributed by atoms with Crippen LogP contribution in [0.1, 0.15) is 16.9 Å². The topological polar surface area (TPSA) is 56.3 Å². The molecule has 0 aliphatic rings. The second kappa shape index (κ2) is 8.01. The predicted molar refractivity (Wildman–Crippen MR) is 107 cm³/mol. The summed E-state index contributed by atoms with van der Waals surface area (Å²) in [6.07, 6.45) is 1.63. The first-order valence-electron chi connectivity index (χ1n) is 7.75. The van der Waals surface area contributed by atoms with Gasteiger partial charge >= 0.3 is 0 Å². The third kappa shape index (κ3) is 4.04. The number of hydrogen-bond donors (Lipinski definition) is 0. The SMILES string of the molecule is O=[N+]([O-])c1ccc(-c2oc(CCc3ccccc3)c(CCl)c2I)cc1. The van der Waals surface area contributed by atoms with Gasteiger partial charge in [-0.1, -0.05) is 30.3 Å². The number of non-ortho nitro benzene ring substituents is 1. The molecule has 6 heteroatoms. The van der Waals surface area contributed by atoms with Crippen LogP contribution in [-0.2, 0) is 18.7 Å². The van der Waals surface area contributed by atoms with Gasteiger partial charge < -0.3 is 4.42 Å². The first-order valence-corrected chi connectivity index (χ1v) is 9.36. The van der Waals surface area contributed by atoms with E-state index in [0.717, 1.165) is 33.3 Å². The summed E-state index contributed by atoms with van der Waals surface area (Å²) in [5.74, 6) is 1.96. The molecule has 4 nitrogen and oxygen atoms in total. The first kappa shape index (κ1) is 17.9. The fourth-order valence-corrected chi connectivity index (χ4v) is 4.07. The Kier molecular flexibility index (Phi) is 5.75. The molecule has 0 N–H and O–H groups in total. The van der Waals surface area contributed by atoms with E-state index in [0.29, 0.717) is 11.6 Å². The Morgan fingerprint density at radius 2 is 1.72 bits per heavy atom. The summed E-state index contributed by atoms with van der Waals surface area (Å²) in [6.45, 7) is 0. The van der Waals surface area contributed by atoms with Gasteiger partial charge in [0.15, 0.2) is 0 Å². The Hall–Kier alpha value is -1.86. The lowest BCUT2D eigenvalue weighted by Crippen LogP contribution is -1.93. The van der Waals surface area contributed by atoms with Gasteiger partial charge in [0.1, 0.15) is 11.5 Å². The molecule has 0 bridgehead atoms. The van der Waals surface area contributed by atoms with Crippen LogP contribution in [-0.4, -0.2) is 4.92 Å². The number of alkyl halides is 1. The van der Waals surface area contributed by atoms with E-state index in [1.165, 1.54) is 17.7 Å². The number of hydrogen-bond acceptors (Lipinski definition) is 3. The summed E-state index contributed by atoms with van der Waals surface area (Å²) in [4.78, 5) is 10.4. The maximum absolute atomic E-state index is 10.8. The molecule has 0 radical (unpaired) electrons. The normalized spacial score (nSPS) is 10.8. The summed E-state index contributed by atoms with van der Waals surface area (Å²) in [6, 6.07) is 16.6. The summed E-state index contributed by atoms with van der Waals surface area (Å²) in [7, 11) is 0. The largest absolute Gasteiger partial charge is 0.460 e. The highest BCUT2D eigenvalue weighted by Gasteiger charge is 2.19. The zero-order valence-electron chi connectivity index (χ0n) is 13.2. The lowest BCUT2D eigenvalue weighted by molar-refractivity contribution is -0.384. The van der Waals surface area contributed by atoms with E-state index in [1.54, 1.807) is 12.1 Å². The number of nitrogens with zero attached hydrogens (tertiary/aromatic N) is 1. The van der Waals surface area contributed by atoms with Crippen LogP contribution in [0.5, 0.6) is 0 Å². The Balaban J connectivity index is 1.88. The minimum Gasteiger partial charge on any atom is -0.460 e. The van der Waals surface area contributed by atoms with Crippen LogP contribution >= 0.6 is 34.2 Å². The number of rotatable bonds is 6. The van der Waals surface area contributed by atoms with E-state index >= 15 is 0 Å². The Morgan fingerprint density at radius 3 is 2.32 bits per heavy atom. The van der Waals surface area contributed by atoms with Crippen LogP contribution in [0.25, 0.3) is 11.3 Å². The van der Waals surface area contributed by atoms with Gasteiger partial charge in [-0.05, 0) is 46.7 Å². The van der Waals surface area contributed by atoms with Crippen molar-refractivity contribution in [1.82, 2.24) is 0 Å². The quantitative estimate of drug-likeness (QED) is 0.194. The van der Waals surface area contributed by atoms with Crippen molar-refractivity contribution in [3.05, 3.63) is 85.2 Å². The van der Waals surface area contributed by atoms with Crippen molar-refractivity contribution in [3.8, 4) is 11.3 Å². The van der Waals surface area contributed by atoms with Gasteiger partial charge in [-0.15, -0.1) is 11.6 Å². The van der Waals surface area contributed by atoms with Gasteiger partial charge in [0.25, 0.3) is 5.69 Å². The lowest BCUT2D eigenvalue weighted by atomic mass is 10.1. The van der Waals surface area contributed by atoms with Gasteiger partial charge in [-0.2, -0.15) is 0 Å². The van der Waals surface area contributed by atoms with E-state index < -0.39 is 4.92 Å². The lowest BCUT2D eigenvalue weighted by Gasteiger charge is -2.01. The number of benzene rings is 2. The summed E-state index contributed by atoms with van der Waals surface area (Å²) < 4.78 is 7.05. The summed E-state index contributed by atoms with van der Waals surface area (Å²) >= 11 is 8.36. The van der Waals surface area contributed by atoms with Crippen molar-refractivity contribution < 1.29 is 9.34 Å². The van der Waals surface area contributed by atoms with Crippen molar-refractivity contribution in [2.45, 2.75) is 18.7 Å². The van der Waals surface area contributed by atoms with Crippen molar-refractivity contribution in [1.29, 1.82) is 0 Å². The molecule has 0 aliphatic heterocycles. The zero-order valence-corrected chi connectivity index (χ0v) is 16.2. The van der Waals surface area contributed by atoms with Gasteiger partial charge in [-0.25, -0.2) is 0 Å². The van der Waals surface area contributed by atoms with Gasteiger partial charge in [-0.3, -0.25) is 10.1 Å². The highest BCUT2D eigenvalue weighted by atomic mass is 127. The van der Waals surface area contributed by atoms with Gasteiger partial charge in [0.2, 0.25) is 0 Å². The molecule has 1 heterocycles. The predicted octanol–water partition coefficient (Wildman–Crippen LogP) is 5.98. The molecule has 0 unspecified atom stereocenters. The van der Waals surface area contributed by atoms with Crippen LogP contribution in [0, 0.1) is 13.7 Å². The fraction of sp³-hybridized carbons (Fsp3) is 0.158. The molecule has 0 atom stereocenters. The molecule has 128 valence electrons. The van der Waals surface area contributed by atoms with E-state index in [1.807, 2.05) is 18.2 Å². The molecule has 25 heavy (non-hydrogen) atoms. The number of nitro benzene ring substituents is 1. The molecule has 3 aromatic rings. The first-order chi connectivity index (χ1) is 12.1. The Bertz CT molecular complexity index is 876. The highest BCUT2D eigenvalue weighted by molar-refractivity contribution is 14.1. The summed E-state index contributed by atoms with van der Waals surface area (Å²) in [5, 5.41) is 10.8. The van der Waals surface area contributed by atoms with E-state index in [2.05, 4.69) is 34.7 Å². The Morgan fingerprint density at radius 1 is 1.04 bits per heavy atom. The third-order valence-corrected chi connectivity index (χ3v) is 5.39. The maximum Gasteiger partial charge on any atom is 0.269 e. The molecule has 3 rings (SSSR count). The fourth-order valence-electron chi connectivity index (χ4n) is 2.65. The standard InChI is InChI=1S/C19H15ClINO3/c20-12-16-17(11-6-13-4-2-1-3-5-13)25-19(18(16)21)14-7-9-15(10-8-14)22(23)24/h1-5,7-10H,6,11-12H2. The molecule has 0 spiro atoms. The molecule has 1 aromatic heterocycles. The minimum absolute atomic E-state index is 0.0622. The molecule has 0 amide bonds. The zero-order chi connectivity index (χ0) is 17.8. The molecular formula is C19H15ClINO3. The summed E-state index contributed by atoms with van der Waals surface area (Å²) in [5.41, 5.74) is 3.11. The number of furan rings is 1. The molecule has 2 aromatic carbocycles. The number of aryl methyl sites for hydroxylation is 2. The van der Waals surface area contributed by atoms with Gasteiger partial charge in [0.05, 0.1) is 14.4 Å². The highest BCUT2D eigenvalue weighted by Crippen LogP contribution is 2.35. The van der Waals surface area contributed by atoms with Crippen molar-refractivity contribution in [3.63, 3.8) is 0 Å². The van der Waals surface area contributed by atoms with Crippen LogP contribution in [0.3, 0.4) is 0 Å². The maximum atomic E-state index is 10.8. The van der Waals surface area contributed by atoms with E-state index in [4.69, 9.17) is 16.0 Å². The number of halogens is 2. The van der Waals surface area contributed by atoms with Crippen LogP contribution in [0.2, 0.25) is 0 Å². The molecule has 0 fully saturated rings. The van der Waals surface area contributed by atoms with Crippen molar-refractivity contribution in [2.75, 3.05) is 0 Å². The van der Waals surface area contributed by atoms with Crippen LogP contribution < -0.4 is 0 Å². The van der Waals surface area contributed by atoms with Crippen LogP contribution in [0.15, 0.2) is 59.0 Å². The van der Waals surface area contributed by atoms with E-state index in [-0.39, 0.29) is 5.69 Å².